The van der Waals surface area contributed by atoms with Crippen molar-refractivity contribution in [3.63, 3.8) is 0 Å². The summed E-state index contributed by atoms with van der Waals surface area (Å²) < 4.78 is 52.9. The maximum atomic E-state index is 12.6. The van der Waals surface area contributed by atoms with Crippen LogP contribution in [0.1, 0.15) is 28.8 Å². The van der Waals surface area contributed by atoms with E-state index in [1.165, 1.54) is 12.1 Å². The lowest BCUT2D eigenvalue weighted by Crippen LogP contribution is -2.43. The van der Waals surface area contributed by atoms with Gasteiger partial charge in [0.25, 0.3) is 5.91 Å². The SMILES string of the molecule is CN1CCC[C@H](Oc2cccc3c2CC(NC(=O)c2ccc(OC(F)(F)F)cc2)CO3)C1. The Morgan fingerprint density at radius 1 is 1.19 bits per heavy atom. The van der Waals surface area contributed by atoms with Gasteiger partial charge in [0.2, 0.25) is 0 Å². The van der Waals surface area contributed by atoms with Gasteiger partial charge in [0.1, 0.15) is 30.0 Å². The number of hydrogen-bond donors (Lipinski definition) is 1. The average molecular weight is 450 g/mol. The first-order valence-electron chi connectivity index (χ1n) is 10.5. The van der Waals surface area contributed by atoms with Crippen LogP contribution in [0.2, 0.25) is 0 Å². The van der Waals surface area contributed by atoms with E-state index >= 15 is 0 Å². The molecule has 1 unspecified atom stereocenters. The number of likely N-dealkylation sites (tertiary alicyclic amines) is 1. The molecule has 0 aliphatic carbocycles. The second-order valence-electron chi connectivity index (χ2n) is 8.13. The zero-order valence-corrected chi connectivity index (χ0v) is 17.7. The number of nitrogens with one attached hydrogen (secondary N) is 1. The van der Waals surface area contributed by atoms with Crippen molar-refractivity contribution in [3.8, 4) is 17.2 Å². The van der Waals surface area contributed by atoms with Gasteiger partial charge in [-0.15, -0.1) is 13.2 Å². The molecule has 2 aromatic rings. The lowest BCUT2D eigenvalue weighted by molar-refractivity contribution is -0.274. The van der Waals surface area contributed by atoms with E-state index in [1.54, 1.807) is 0 Å². The third kappa shape index (κ3) is 5.64. The van der Waals surface area contributed by atoms with Crippen LogP contribution in [0, 0.1) is 0 Å². The van der Waals surface area contributed by atoms with Gasteiger partial charge in [-0.2, -0.15) is 0 Å². The van der Waals surface area contributed by atoms with Crippen LogP contribution in [-0.2, 0) is 6.42 Å². The molecule has 2 aliphatic heterocycles. The molecule has 9 heteroatoms. The number of amides is 1. The summed E-state index contributed by atoms with van der Waals surface area (Å²) in [6, 6.07) is 10.2. The molecule has 1 fully saturated rings. The van der Waals surface area contributed by atoms with Crippen molar-refractivity contribution >= 4 is 5.91 Å². The minimum absolute atomic E-state index is 0.104. The van der Waals surface area contributed by atoms with Crippen molar-refractivity contribution in [1.29, 1.82) is 0 Å². The number of fused-ring (bicyclic) bond motifs is 1. The lowest BCUT2D eigenvalue weighted by Gasteiger charge is -2.32. The molecule has 2 heterocycles. The van der Waals surface area contributed by atoms with Gasteiger partial charge in [-0.1, -0.05) is 6.07 Å². The molecule has 172 valence electrons. The first-order chi connectivity index (χ1) is 15.3. The number of nitrogens with zero attached hydrogens (tertiary/aromatic N) is 1. The highest BCUT2D eigenvalue weighted by Gasteiger charge is 2.31. The molecule has 1 N–H and O–H groups in total. The highest BCUT2D eigenvalue weighted by Crippen LogP contribution is 2.34. The summed E-state index contributed by atoms with van der Waals surface area (Å²) in [5.74, 6) is 0.730. The number of ether oxygens (including phenoxy) is 3. The number of carbonyl (C=O) groups excluding carboxylic acids is 1. The summed E-state index contributed by atoms with van der Waals surface area (Å²) in [5.41, 5.74) is 1.14. The van der Waals surface area contributed by atoms with Crippen molar-refractivity contribution in [2.24, 2.45) is 0 Å². The smallest absolute Gasteiger partial charge is 0.491 e. The summed E-state index contributed by atoms with van der Waals surface area (Å²) in [6.07, 6.45) is -2.06. The van der Waals surface area contributed by atoms with E-state index in [1.807, 2.05) is 18.2 Å². The Morgan fingerprint density at radius 3 is 2.69 bits per heavy atom. The first kappa shape index (κ1) is 22.3. The fourth-order valence-electron chi connectivity index (χ4n) is 4.05. The van der Waals surface area contributed by atoms with Crippen molar-refractivity contribution in [3.05, 3.63) is 53.6 Å². The van der Waals surface area contributed by atoms with E-state index in [9.17, 15) is 18.0 Å². The van der Waals surface area contributed by atoms with Gasteiger partial charge in [0, 0.05) is 24.1 Å². The Morgan fingerprint density at radius 2 is 1.97 bits per heavy atom. The summed E-state index contributed by atoms with van der Waals surface area (Å²) in [6.45, 7) is 2.22. The summed E-state index contributed by atoms with van der Waals surface area (Å²) in [5, 5.41) is 2.89. The van der Waals surface area contributed by atoms with Gasteiger partial charge in [-0.25, -0.2) is 0 Å². The largest absolute Gasteiger partial charge is 0.573 e. The van der Waals surface area contributed by atoms with Gasteiger partial charge in [0.05, 0.1) is 6.04 Å². The predicted molar refractivity (Wildman–Crippen MR) is 111 cm³/mol. The molecule has 2 atom stereocenters. The maximum absolute atomic E-state index is 12.6. The summed E-state index contributed by atoms with van der Waals surface area (Å²) >= 11 is 0. The molecular weight excluding hydrogens is 425 g/mol. The quantitative estimate of drug-likeness (QED) is 0.751. The Hall–Kier alpha value is -2.94. The molecule has 1 amide bonds. The highest BCUT2D eigenvalue weighted by atomic mass is 19.4. The summed E-state index contributed by atoms with van der Waals surface area (Å²) in [7, 11) is 2.08. The minimum Gasteiger partial charge on any atom is -0.491 e. The maximum Gasteiger partial charge on any atom is 0.573 e. The van der Waals surface area contributed by atoms with E-state index < -0.39 is 12.3 Å². The Balaban J connectivity index is 1.40. The van der Waals surface area contributed by atoms with Crippen LogP contribution >= 0.6 is 0 Å². The molecule has 0 spiro atoms. The molecule has 32 heavy (non-hydrogen) atoms. The van der Waals surface area contributed by atoms with Crippen LogP contribution in [0.4, 0.5) is 13.2 Å². The van der Waals surface area contributed by atoms with Crippen LogP contribution in [0.25, 0.3) is 0 Å². The lowest BCUT2D eigenvalue weighted by atomic mass is 10.0. The van der Waals surface area contributed by atoms with Gasteiger partial charge in [-0.3, -0.25) is 4.79 Å². The van der Waals surface area contributed by atoms with Crippen LogP contribution < -0.4 is 19.5 Å². The number of halogens is 3. The second kappa shape index (κ2) is 9.28. The monoisotopic (exact) mass is 450 g/mol. The molecule has 0 saturated carbocycles. The van der Waals surface area contributed by atoms with Crippen molar-refractivity contribution < 1.29 is 32.2 Å². The van der Waals surface area contributed by atoms with Gasteiger partial charge in [-0.05, 0) is 62.8 Å². The van der Waals surface area contributed by atoms with Crippen LogP contribution in [0.5, 0.6) is 17.2 Å². The van der Waals surface area contributed by atoms with E-state index in [-0.39, 0.29) is 23.5 Å². The molecule has 2 aromatic carbocycles. The second-order valence-corrected chi connectivity index (χ2v) is 8.13. The molecule has 0 radical (unpaired) electrons. The zero-order chi connectivity index (χ0) is 22.7. The standard InChI is InChI=1S/C23H25F3N2O4/c1-28-11-3-4-18(13-28)31-21-6-2-5-20-19(21)12-16(14-30-20)27-22(29)15-7-9-17(10-8-15)32-23(24,25)26/h2,5-10,16,18H,3-4,11-14H2,1H3,(H,27,29)/t16?,18-/m0/s1. The Bertz CT molecular complexity index is 949. The van der Waals surface area contributed by atoms with Crippen LogP contribution in [0.15, 0.2) is 42.5 Å². The number of alkyl halides is 3. The van der Waals surface area contributed by atoms with Crippen molar-refractivity contribution in [1.82, 2.24) is 10.2 Å². The molecule has 6 nitrogen and oxygen atoms in total. The Kier molecular flexibility index (Phi) is 6.45. The highest BCUT2D eigenvalue weighted by molar-refractivity contribution is 5.94. The van der Waals surface area contributed by atoms with E-state index in [0.717, 1.165) is 55.1 Å². The number of carbonyl (C=O) groups is 1. The fraction of sp³-hybridized carbons (Fsp3) is 0.435. The summed E-state index contributed by atoms with van der Waals surface area (Å²) in [4.78, 5) is 14.8. The predicted octanol–water partition coefficient (Wildman–Crippen LogP) is 3.79. The topological polar surface area (TPSA) is 60.0 Å². The van der Waals surface area contributed by atoms with E-state index in [4.69, 9.17) is 9.47 Å². The number of likely N-dealkylation sites (N-methyl/N-ethyl adjacent to an activating group) is 1. The third-order valence-electron chi connectivity index (χ3n) is 5.54. The molecule has 1 saturated heterocycles. The number of rotatable bonds is 5. The van der Waals surface area contributed by atoms with Gasteiger partial charge >= 0.3 is 6.36 Å². The number of piperidine rings is 1. The molecular formula is C23H25F3N2O4. The molecule has 0 aromatic heterocycles. The third-order valence-corrected chi connectivity index (χ3v) is 5.54. The van der Waals surface area contributed by atoms with Crippen LogP contribution in [-0.4, -0.2) is 56.1 Å². The van der Waals surface area contributed by atoms with Crippen molar-refractivity contribution in [2.45, 2.75) is 37.8 Å². The number of benzene rings is 2. The molecule has 4 rings (SSSR count). The fourth-order valence-corrected chi connectivity index (χ4v) is 4.05. The molecule has 0 bridgehead atoms. The molecule has 2 aliphatic rings. The number of hydrogen-bond acceptors (Lipinski definition) is 5. The first-order valence-corrected chi connectivity index (χ1v) is 10.5. The average Bonchev–Trinajstić information content (AvgIpc) is 2.73. The Labute approximate surface area is 184 Å². The van der Waals surface area contributed by atoms with E-state index in [2.05, 4.69) is 22.0 Å². The van der Waals surface area contributed by atoms with E-state index in [0.29, 0.717) is 13.0 Å². The van der Waals surface area contributed by atoms with Crippen molar-refractivity contribution in [2.75, 3.05) is 26.7 Å². The van der Waals surface area contributed by atoms with Gasteiger partial charge < -0.3 is 24.4 Å². The minimum atomic E-state index is -4.77. The zero-order valence-electron chi connectivity index (χ0n) is 17.7. The normalized spacial score (nSPS) is 21.2. The van der Waals surface area contributed by atoms with Gasteiger partial charge in [0.15, 0.2) is 0 Å². The van der Waals surface area contributed by atoms with Crippen LogP contribution in [0.3, 0.4) is 0 Å².